The van der Waals surface area contributed by atoms with Crippen LogP contribution in [0.2, 0.25) is 0 Å². The third-order valence-corrected chi connectivity index (χ3v) is 2.54. The first-order chi connectivity index (χ1) is 6.07. The number of allylic oxidation sites excluding steroid dienone is 5. The summed E-state index contributed by atoms with van der Waals surface area (Å²) in [5, 5.41) is 0. The molecule has 1 nitrogen and oxygen atoms in total. The van der Waals surface area contributed by atoms with Gasteiger partial charge >= 0.3 is 0 Å². The molecule has 0 saturated carbocycles. The van der Waals surface area contributed by atoms with Crippen molar-refractivity contribution < 1.29 is 0 Å². The van der Waals surface area contributed by atoms with Gasteiger partial charge in [0.2, 0.25) is 0 Å². The van der Waals surface area contributed by atoms with E-state index in [1.165, 1.54) is 11.1 Å². The molecule has 1 unspecified atom stereocenters. The molecule has 0 aromatic heterocycles. The zero-order valence-electron chi connectivity index (χ0n) is 8.41. The Labute approximate surface area is 79.6 Å². The van der Waals surface area contributed by atoms with Crippen LogP contribution in [0.25, 0.3) is 0 Å². The van der Waals surface area contributed by atoms with Crippen LogP contribution < -0.4 is 0 Å². The van der Waals surface area contributed by atoms with Crippen LogP contribution in [0.1, 0.15) is 20.8 Å². The van der Waals surface area contributed by atoms with Crippen LogP contribution in [0.4, 0.5) is 0 Å². The Hall–Kier alpha value is -1.11. The molecule has 13 heavy (non-hydrogen) atoms. The first kappa shape index (κ1) is 8.49. The highest BCUT2D eigenvalue weighted by atomic mass is 14.7. The summed E-state index contributed by atoms with van der Waals surface area (Å²) in [4.78, 5) is 4.13. The Morgan fingerprint density at radius 3 is 2.69 bits per heavy atom. The number of aliphatic imine (C=N–C) groups is 1. The van der Waals surface area contributed by atoms with Gasteiger partial charge in [0.1, 0.15) is 0 Å². The van der Waals surface area contributed by atoms with Crippen molar-refractivity contribution in [1.29, 1.82) is 0 Å². The smallest absolute Gasteiger partial charge is 0.0309 e. The predicted octanol–water partition coefficient (Wildman–Crippen LogP) is 3.11. The van der Waals surface area contributed by atoms with Crippen LogP contribution in [-0.2, 0) is 0 Å². The van der Waals surface area contributed by atoms with E-state index in [0.717, 1.165) is 0 Å². The van der Waals surface area contributed by atoms with E-state index in [0.29, 0.717) is 5.92 Å². The molecule has 0 aromatic carbocycles. The third-order valence-electron chi connectivity index (χ3n) is 2.54. The number of nitrogens with zero attached hydrogens (tertiary/aromatic N) is 1. The largest absolute Gasteiger partial charge is 0.265 e. The summed E-state index contributed by atoms with van der Waals surface area (Å²) in [6.45, 7) is 6.73. The lowest BCUT2D eigenvalue weighted by Gasteiger charge is -2.18. The van der Waals surface area contributed by atoms with Gasteiger partial charge in [-0.15, -0.1) is 0 Å². The van der Waals surface area contributed by atoms with Gasteiger partial charge in [-0.05, 0) is 16.6 Å². The summed E-state index contributed by atoms with van der Waals surface area (Å²) < 4.78 is 0. The monoisotopic (exact) mass is 173 g/mol. The second kappa shape index (κ2) is 2.69. The zero-order valence-corrected chi connectivity index (χ0v) is 8.41. The molecule has 1 heterocycles. The maximum atomic E-state index is 4.13. The average molecular weight is 173 g/mol. The average Bonchev–Trinajstić information content (AvgIpc) is 2.45. The van der Waals surface area contributed by atoms with E-state index in [-0.39, 0.29) is 5.41 Å². The second-order valence-corrected chi connectivity index (χ2v) is 4.66. The Morgan fingerprint density at radius 2 is 2.08 bits per heavy atom. The summed E-state index contributed by atoms with van der Waals surface area (Å²) in [7, 11) is 0. The van der Waals surface area contributed by atoms with E-state index in [1.807, 2.05) is 12.4 Å². The number of hydrogen-bond donors (Lipinski definition) is 0. The minimum Gasteiger partial charge on any atom is -0.265 e. The van der Waals surface area contributed by atoms with Gasteiger partial charge in [0.25, 0.3) is 0 Å². The molecule has 0 aromatic rings. The lowest BCUT2D eigenvalue weighted by Crippen LogP contribution is -2.06. The van der Waals surface area contributed by atoms with Crippen LogP contribution in [-0.4, -0.2) is 6.21 Å². The predicted molar refractivity (Wildman–Crippen MR) is 56.7 cm³/mol. The van der Waals surface area contributed by atoms with Crippen molar-refractivity contribution in [2.24, 2.45) is 16.3 Å². The SMILES string of the molecule is CC(C)(C)C1=CC2C=CN=CC2=C1. The molecule has 1 aliphatic heterocycles. The van der Waals surface area contributed by atoms with Crippen LogP contribution in [0, 0.1) is 11.3 Å². The van der Waals surface area contributed by atoms with Crippen LogP contribution in [0.15, 0.2) is 40.6 Å². The highest BCUT2D eigenvalue weighted by Gasteiger charge is 2.23. The summed E-state index contributed by atoms with van der Waals surface area (Å²) in [6.07, 6.45) is 10.6. The second-order valence-electron chi connectivity index (χ2n) is 4.66. The van der Waals surface area contributed by atoms with E-state index in [1.54, 1.807) is 0 Å². The molecule has 2 rings (SSSR count). The van der Waals surface area contributed by atoms with Crippen LogP contribution in [0.5, 0.6) is 0 Å². The van der Waals surface area contributed by atoms with E-state index in [2.05, 4.69) is 44.0 Å². The van der Waals surface area contributed by atoms with Crippen molar-refractivity contribution in [3.63, 3.8) is 0 Å². The van der Waals surface area contributed by atoms with Gasteiger partial charge < -0.3 is 0 Å². The van der Waals surface area contributed by atoms with Crippen molar-refractivity contribution in [3.8, 4) is 0 Å². The molecular weight excluding hydrogens is 158 g/mol. The Bertz CT molecular complexity index is 335. The number of hydrogen-bond acceptors (Lipinski definition) is 1. The third kappa shape index (κ3) is 1.51. The summed E-state index contributed by atoms with van der Waals surface area (Å²) in [5.74, 6) is 0.478. The molecule has 0 bridgehead atoms. The highest BCUT2D eigenvalue weighted by molar-refractivity contribution is 5.84. The molecular formula is C12H15N. The van der Waals surface area contributed by atoms with Crippen LogP contribution >= 0.6 is 0 Å². The van der Waals surface area contributed by atoms with Gasteiger partial charge in [0.15, 0.2) is 0 Å². The van der Waals surface area contributed by atoms with Gasteiger partial charge in [-0.3, -0.25) is 4.99 Å². The zero-order chi connectivity index (χ0) is 9.47. The molecule has 1 aliphatic carbocycles. The van der Waals surface area contributed by atoms with E-state index in [9.17, 15) is 0 Å². The van der Waals surface area contributed by atoms with Crippen molar-refractivity contribution in [2.75, 3.05) is 0 Å². The molecule has 68 valence electrons. The van der Waals surface area contributed by atoms with Crippen molar-refractivity contribution in [2.45, 2.75) is 20.8 Å². The summed E-state index contributed by atoms with van der Waals surface area (Å²) in [5.41, 5.74) is 3.00. The number of rotatable bonds is 0. The maximum Gasteiger partial charge on any atom is 0.0309 e. The molecule has 0 saturated heterocycles. The summed E-state index contributed by atoms with van der Waals surface area (Å²) >= 11 is 0. The molecule has 1 atom stereocenters. The van der Waals surface area contributed by atoms with Gasteiger partial charge in [-0.2, -0.15) is 0 Å². The fourth-order valence-corrected chi connectivity index (χ4v) is 1.64. The molecule has 0 N–H and O–H groups in total. The summed E-state index contributed by atoms with van der Waals surface area (Å²) in [6, 6.07) is 0. The Morgan fingerprint density at radius 1 is 1.31 bits per heavy atom. The standard InChI is InChI=1S/C12H15N/c1-12(2,3)11-6-9-4-5-13-8-10(9)7-11/h4-9H,1-3H3. The van der Waals surface area contributed by atoms with Crippen molar-refractivity contribution >= 4 is 6.21 Å². The fraction of sp³-hybridized carbons (Fsp3) is 0.417. The quantitative estimate of drug-likeness (QED) is 0.533. The first-order valence-electron chi connectivity index (χ1n) is 4.71. The van der Waals surface area contributed by atoms with Gasteiger partial charge in [0.05, 0.1) is 0 Å². The van der Waals surface area contributed by atoms with Crippen molar-refractivity contribution in [1.82, 2.24) is 0 Å². The number of fused-ring (bicyclic) bond motifs is 1. The van der Waals surface area contributed by atoms with Crippen LogP contribution in [0.3, 0.4) is 0 Å². The lowest BCUT2D eigenvalue weighted by atomic mass is 9.87. The van der Waals surface area contributed by atoms with Gasteiger partial charge in [-0.25, -0.2) is 0 Å². The maximum absolute atomic E-state index is 4.13. The Balaban J connectivity index is 2.33. The fourth-order valence-electron chi connectivity index (χ4n) is 1.64. The van der Waals surface area contributed by atoms with E-state index < -0.39 is 0 Å². The molecule has 0 amide bonds. The van der Waals surface area contributed by atoms with Gasteiger partial charge in [0, 0.05) is 18.3 Å². The van der Waals surface area contributed by atoms with E-state index in [4.69, 9.17) is 0 Å². The highest BCUT2D eigenvalue weighted by Crippen LogP contribution is 2.36. The lowest BCUT2D eigenvalue weighted by molar-refractivity contribution is 0.517. The topological polar surface area (TPSA) is 12.4 Å². The molecule has 0 fully saturated rings. The van der Waals surface area contributed by atoms with Crippen molar-refractivity contribution in [3.05, 3.63) is 35.6 Å². The first-order valence-corrected chi connectivity index (χ1v) is 4.71. The van der Waals surface area contributed by atoms with E-state index >= 15 is 0 Å². The molecule has 2 aliphatic rings. The molecule has 0 spiro atoms. The molecule has 0 radical (unpaired) electrons. The molecule has 1 heteroatoms. The minimum atomic E-state index is 0.256. The normalized spacial score (nSPS) is 25.6. The Kier molecular flexibility index (Phi) is 1.76. The van der Waals surface area contributed by atoms with Gasteiger partial charge in [-0.1, -0.05) is 39.0 Å². The minimum absolute atomic E-state index is 0.256.